The third-order valence-corrected chi connectivity index (χ3v) is 2.94. The van der Waals surface area contributed by atoms with Crippen molar-refractivity contribution < 1.29 is 14.6 Å². The van der Waals surface area contributed by atoms with E-state index in [0.29, 0.717) is 30.5 Å². The first-order valence-corrected chi connectivity index (χ1v) is 6.95. The Bertz CT molecular complexity index is 459. The topological polar surface area (TPSA) is 71.5 Å². The predicted octanol–water partition coefficient (Wildman–Crippen LogP) is 2.87. The van der Waals surface area contributed by atoms with Crippen LogP contribution in [0.4, 0.5) is 5.82 Å². The molecule has 0 aromatic carbocycles. The molecule has 2 N–H and O–H groups in total. The van der Waals surface area contributed by atoms with Crippen LogP contribution in [-0.2, 0) is 4.74 Å². The highest BCUT2D eigenvalue weighted by molar-refractivity contribution is 5.94. The lowest BCUT2D eigenvalue weighted by molar-refractivity contribution is 0.0696. The first kappa shape index (κ1) is 16.4. The van der Waals surface area contributed by atoms with Gasteiger partial charge in [-0.2, -0.15) is 0 Å². The molecule has 0 spiro atoms. The van der Waals surface area contributed by atoms with Gasteiger partial charge in [-0.3, -0.25) is 0 Å². The van der Waals surface area contributed by atoms with Gasteiger partial charge in [0.1, 0.15) is 11.4 Å². The van der Waals surface area contributed by atoms with Gasteiger partial charge in [0, 0.05) is 18.8 Å². The molecule has 5 nitrogen and oxygen atoms in total. The maximum atomic E-state index is 11.3. The average molecular weight is 280 g/mol. The second-order valence-corrected chi connectivity index (χ2v) is 5.33. The first-order chi connectivity index (χ1) is 9.41. The molecule has 1 aromatic rings. The van der Waals surface area contributed by atoms with E-state index < -0.39 is 5.97 Å². The van der Waals surface area contributed by atoms with Crippen LogP contribution in [0.25, 0.3) is 0 Å². The van der Waals surface area contributed by atoms with Gasteiger partial charge in [-0.05, 0) is 37.8 Å². The number of hydrogen-bond acceptors (Lipinski definition) is 4. The summed E-state index contributed by atoms with van der Waals surface area (Å²) in [7, 11) is 0. The van der Waals surface area contributed by atoms with Crippen molar-refractivity contribution in [2.24, 2.45) is 5.92 Å². The largest absolute Gasteiger partial charge is 0.478 e. The quantitative estimate of drug-likeness (QED) is 0.716. The van der Waals surface area contributed by atoms with Gasteiger partial charge in [0.25, 0.3) is 0 Å². The molecule has 0 atom stereocenters. The van der Waals surface area contributed by atoms with Crippen molar-refractivity contribution in [2.45, 2.75) is 34.1 Å². The predicted molar refractivity (Wildman–Crippen MR) is 79.4 cm³/mol. The van der Waals surface area contributed by atoms with Gasteiger partial charge in [0.05, 0.1) is 6.61 Å². The zero-order valence-corrected chi connectivity index (χ0v) is 12.7. The number of carbonyl (C=O) groups is 1. The standard InChI is InChI=1S/C15H24N2O3/c1-10(2)5-7-20-8-6-16-14-13(15(18)19)11(3)9-12(4)17-14/h9-10H,5-8H2,1-4H3,(H,16,17)(H,18,19). The Kier molecular flexibility index (Phi) is 6.45. The number of carboxylic acids is 1. The number of ether oxygens (including phenoxy) is 1. The molecule has 20 heavy (non-hydrogen) atoms. The van der Waals surface area contributed by atoms with Gasteiger partial charge in [0.15, 0.2) is 0 Å². The number of aromatic carboxylic acids is 1. The Balaban J connectivity index is 2.53. The Morgan fingerprint density at radius 1 is 1.40 bits per heavy atom. The summed E-state index contributed by atoms with van der Waals surface area (Å²) in [6.45, 7) is 9.76. The van der Waals surface area contributed by atoms with Crippen molar-refractivity contribution >= 4 is 11.8 Å². The average Bonchev–Trinajstić information content (AvgIpc) is 2.31. The zero-order chi connectivity index (χ0) is 15.1. The normalized spacial score (nSPS) is 10.8. The van der Waals surface area contributed by atoms with E-state index in [1.165, 1.54) is 0 Å². The maximum Gasteiger partial charge on any atom is 0.339 e. The molecule has 0 aliphatic carbocycles. The Hall–Kier alpha value is -1.62. The van der Waals surface area contributed by atoms with E-state index in [1.807, 2.05) is 6.92 Å². The monoisotopic (exact) mass is 280 g/mol. The van der Waals surface area contributed by atoms with Crippen LogP contribution in [0.15, 0.2) is 6.07 Å². The molecule has 0 bridgehead atoms. The van der Waals surface area contributed by atoms with Crippen LogP contribution in [0.5, 0.6) is 0 Å². The summed E-state index contributed by atoms with van der Waals surface area (Å²) in [6, 6.07) is 1.77. The first-order valence-electron chi connectivity index (χ1n) is 6.95. The number of aromatic nitrogens is 1. The molecule has 1 rings (SSSR count). The summed E-state index contributed by atoms with van der Waals surface area (Å²) in [5.41, 5.74) is 1.75. The summed E-state index contributed by atoms with van der Waals surface area (Å²) in [5, 5.41) is 12.3. The van der Waals surface area contributed by atoms with E-state index in [2.05, 4.69) is 24.1 Å². The fraction of sp³-hybridized carbons (Fsp3) is 0.600. The lowest BCUT2D eigenvalue weighted by atomic mass is 10.1. The van der Waals surface area contributed by atoms with Crippen LogP contribution in [0.1, 0.15) is 41.9 Å². The minimum atomic E-state index is -0.960. The Labute approximate surface area is 120 Å². The minimum Gasteiger partial charge on any atom is -0.478 e. The Morgan fingerprint density at radius 3 is 2.70 bits per heavy atom. The second-order valence-electron chi connectivity index (χ2n) is 5.33. The van der Waals surface area contributed by atoms with Crippen molar-refractivity contribution in [1.82, 2.24) is 4.98 Å². The van der Waals surface area contributed by atoms with Gasteiger partial charge in [-0.15, -0.1) is 0 Å². The van der Waals surface area contributed by atoms with E-state index in [9.17, 15) is 9.90 Å². The molecule has 1 heterocycles. The second kappa shape index (κ2) is 7.85. The highest BCUT2D eigenvalue weighted by Gasteiger charge is 2.15. The molecule has 0 amide bonds. The molecule has 0 aliphatic heterocycles. The summed E-state index contributed by atoms with van der Waals surface area (Å²) in [5.74, 6) is 0.0864. The van der Waals surface area contributed by atoms with Gasteiger partial charge in [0.2, 0.25) is 0 Å². The van der Waals surface area contributed by atoms with E-state index >= 15 is 0 Å². The fourth-order valence-corrected chi connectivity index (χ4v) is 1.90. The smallest absolute Gasteiger partial charge is 0.339 e. The fourth-order valence-electron chi connectivity index (χ4n) is 1.90. The molecule has 0 fully saturated rings. The van der Waals surface area contributed by atoms with Crippen molar-refractivity contribution in [3.8, 4) is 0 Å². The lowest BCUT2D eigenvalue weighted by Crippen LogP contribution is -2.15. The summed E-state index contributed by atoms with van der Waals surface area (Å²) in [6.07, 6.45) is 1.03. The molecule has 112 valence electrons. The Morgan fingerprint density at radius 2 is 2.10 bits per heavy atom. The molecular formula is C15H24N2O3. The number of nitrogens with one attached hydrogen (secondary N) is 1. The SMILES string of the molecule is Cc1cc(C)c(C(=O)O)c(NCCOCCC(C)C)n1. The summed E-state index contributed by atoms with van der Waals surface area (Å²) >= 11 is 0. The number of rotatable bonds is 8. The molecule has 0 saturated carbocycles. The number of anilines is 1. The number of nitrogens with zero attached hydrogens (tertiary/aromatic N) is 1. The molecular weight excluding hydrogens is 256 g/mol. The van der Waals surface area contributed by atoms with Crippen molar-refractivity contribution in [2.75, 3.05) is 25.1 Å². The molecule has 0 saturated heterocycles. The van der Waals surface area contributed by atoms with E-state index in [-0.39, 0.29) is 5.56 Å². The molecule has 1 aromatic heterocycles. The van der Waals surface area contributed by atoms with E-state index in [1.54, 1.807) is 13.0 Å². The van der Waals surface area contributed by atoms with Gasteiger partial charge < -0.3 is 15.2 Å². The van der Waals surface area contributed by atoms with Crippen molar-refractivity contribution in [1.29, 1.82) is 0 Å². The zero-order valence-electron chi connectivity index (χ0n) is 12.7. The maximum absolute atomic E-state index is 11.3. The molecule has 0 radical (unpaired) electrons. The van der Waals surface area contributed by atoms with Crippen LogP contribution in [-0.4, -0.2) is 35.8 Å². The number of hydrogen-bond donors (Lipinski definition) is 2. The summed E-state index contributed by atoms with van der Waals surface area (Å²) in [4.78, 5) is 15.5. The van der Waals surface area contributed by atoms with Crippen molar-refractivity contribution in [3.63, 3.8) is 0 Å². The molecule has 0 aliphatic rings. The third kappa shape index (κ3) is 5.17. The van der Waals surface area contributed by atoms with Gasteiger partial charge >= 0.3 is 5.97 Å². The molecule has 0 unspecified atom stereocenters. The molecule has 5 heteroatoms. The van der Waals surface area contributed by atoms with E-state index in [4.69, 9.17) is 4.74 Å². The lowest BCUT2D eigenvalue weighted by Gasteiger charge is -2.12. The third-order valence-electron chi connectivity index (χ3n) is 2.94. The van der Waals surface area contributed by atoms with Crippen LogP contribution in [0.3, 0.4) is 0 Å². The summed E-state index contributed by atoms with van der Waals surface area (Å²) < 4.78 is 5.49. The highest BCUT2D eigenvalue weighted by atomic mass is 16.5. The van der Waals surface area contributed by atoms with Crippen LogP contribution < -0.4 is 5.32 Å². The van der Waals surface area contributed by atoms with Crippen LogP contribution >= 0.6 is 0 Å². The minimum absolute atomic E-state index is 0.234. The van der Waals surface area contributed by atoms with Crippen molar-refractivity contribution in [3.05, 3.63) is 22.9 Å². The number of pyridine rings is 1. The van der Waals surface area contributed by atoms with E-state index in [0.717, 1.165) is 18.7 Å². The van der Waals surface area contributed by atoms with Gasteiger partial charge in [-0.1, -0.05) is 13.8 Å². The van der Waals surface area contributed by atoms with Gasteiger partial charge in [-0.25, -0.2) is 9.78 Å². The number of carboxylic acid groups (broad SMARTS) is 1. The number of aryl methyl sites for hydroxylation is 2. The van der Waals surface area contributed by atoms with Crippen LogP contribution in [0, 0.1) is 19.8 Å². The van der Waals surface area contributed by atoms with Crippen LogP contribution in [0.2, 0.25) is 0 Å². The highest BCUT2D eigenvalue weighted by Crippen LogP contribution is 2.18.